The zero-order valence-corrected chi connectivity index (χ0v) is 14.1. The van der Waals surface area contributed by atoms with Crippen molar-refractivity contribution in [3.05, 3.63) is 30.1 Å². The normalized spacial score (nSPS) is 23.0. The first kappa shape index (κ1) is 17.8. The molecule has 1 aliphatic rings. The number of nitrogens with zero attached hydrogens (tertiary/aromatic N) is 1. The van der Waals surface area contributed by atoms with Crippen molar-refractivity contribution in [2.75, 3.05) is 19.6 Å². The molecule has 2 unspecified atom stereocenters. The number of carbonyl (C=O) groups excluding carboxylic acids is 1. The van der Waals surface area contributed by atoms with Gasteiger partial charge in [0.15, 0.2) is 0 Å². The van der Waals surface area contributed by atoms with Crippen LogP contribution in [0, 0.1) is 11.2 Å². The van der Waals surface area contributed by atoms with Crippen LogP contribution in [-0.2, 0) is 14.8 Å². The van der Waals surface area contributed by atoms with Crippen LogP contribution in [0.4, 0.5) is 4.39 Å². The van der Waals surface area contributed by atoms with Gasteiger partial charge in [-0.2, -0.15) is 4.72 Å². The first-order valence-electron chi connectivity index (χ1n) is 7.44. The molecule has 0 aromatic heterocycles. The van der Waals surface area contributed by atoms with Crippen LogP contribution < -0.4 is 10.5 Å². The number of halogens is 1. The van der Waals surface area contributed by atoms with Crippen molar-refractivity contribution in [3.63, 3.8) is 0 Å². The third-order valence-corrected chi connectivity index (χ3v) is 5.76. The van der Waals surface area contributed by atoms with Crippen molar-refractivity contribution in [3.8, 4) is 0 Å². The first-order valence-corrected chi connectivity index (χ1v) is 8.92. The van der Waals surface area contributed by atoms with E-state index in [-0.39, 0.29) is 11.3 Å². The maximum absolute atomic E-state index is 13.7. The lowest BCUT2D eigenvalue weighted by molar-refractivity contribution is -0.131. The Morgan fingerprint density at radius 3 is 2.70 bits per heavy atom. The Labute approximate surface area is 135 Å². The van der Waals surface area contributed by atoms with Crippen LogP contribution in [0.1, 0.15) is 20.3 Å². The average Bonchev–Trinajstić information content (AvgIpc) is 2.89. The van der Waals surface area contributed by atoms with E-state index < -0.39 is 26.8 Å². The van der Waals surface area contributed by atoms with Crippen LogP contribution in [0.5, 0.6) is 0 Å². The molecule has 1 heterocycles. The lowest BCUT2D eigenvalue weighted by Gasteiger charge is -2.25. The van der Waals surface area contributed by atoms with E-state index in [1.807, 2.05) is 6.92 Å². The Bertz CT molecular complexity index is 695. The number of benzene rings is 1. The molecule has 1 fully saturated rings. The summed E-state index contributed by atoms with van der Waals surface area (Å²) in [5.41, 5.74) is 5.57. The first-order chi connectivity index (χ1) is 10.7. The highest BCUT2D eigenvalue weighted by Crippen LogP contribution is 2.28. The summed E-state index contributed by atoms with van der Waals surface area (Å²) in [4.78, 5) is 13.5. The van der Waals surface area contributed by atoms with Crippen molar-refractivity contribution >= 4 is 15.9 Å². The minimum atomic E-state index is -4.10. The summed E-state index contributed by atoms with van der Waals surface area (Å²) in [7, 11) is -4.10. The maximum atomic E-state index is 13.7. The summed E-state index contributed by atoms with van der Waals surface area (Å²) < 4.78 is 40.4. The number of carbonyl (C=O) groups is 1. The van der Waals surface area contributed by atoms with E-state index in [0.29, 0.717) is 19.6 Å². The highest BCUT2D eigenvalue weighted by molar-refractivity contribution is 7.89. The van der Waals surface area contributed by atoms with Gasteiger partial charge in [-0.25, -0.2) is 12.8 Å². The molecule has 6 nitrogen and oxygen atoms in total. The standard InChI is InChI=1S/C15H22FN3O3S/c1-11(14(20)19-8-7-15(2,9-17)10-19)18-23(21,22)13-6-4-3-5-12(13)16/h3-6,11,18H,7-10,17H2,1-2H3. The number of hydrogen-bond donors (Lipinski definition) is 2. The molecule has 1 aromatic carbocycles. The molecule has 0 aliphatic carbocycles. The fourth-order valence-corrected chi connectivity index (χ4v) is 3.94. The Hall–Kier alpha value is -1.51. The van der Waals surface area contributed by atoms with Crippen LogP contribution in [0.15, 0.2) is 29.2 Å². The van der Waals surface area contributed by atoms with E-state index in [1.54, 1.807) is 4.90 Å². The second-order valence-electron chi connectivity index (χ2n) is 6.30. The van der Waals surface area contributed by atoms with Crippen molar-refractivity contribution in [2.24, 2.45) is 11.1 Å². The summed E-state index contributed by atoms with van der Waals surface area (Å²) >= 11 is 0. The van der Waals surface area contributed by atoms with Crippen molar-refractivity contribution in [1.82, 2.24) is 9.62 Å². The molecule has 2 atom stereocenters. The van der Waals surface area contributed by atoms with Gasteiger partial charge in [-0.3, -0.25) is 4.79 Å². The molecule has 1 amide bonds. The van der Waals surface area contributed by atoms with Crippen LogP contribution >= 0.6 is 0 Å². The van der Waals surface area contributed by atoms with Gasteiger partial charge in [-0.05, 0) is 37.4 Å². The quantitative estimate of drug-likeness (QED) is 0.823. The number of hydrogen-bond acceptors (Lipinski definition) is 4. The van der Waals surface area contributed by atoms with Gasteiger partial charge >= 0.3 is 0 Å². The van der Waals surface area contributed by atoms with Crippen LogP contribution in [0.3, 0.4) is 0 Å². The SMILES string of the molecule is CC(NS(=O)(=O)c1ccccc1F)C(=O)N1CCC(C)(CN)C1. The van der Waals surface area contributed by atoms with Gasteiger partial charge in [0.25, 0.3) is 0 Å². The number of nitrogens with two attached hydrogens (primary N) is 1. The highest BCUT2D eigenvalue weighted by atomic mass is 32.2. The van der Waals surface area contributed by atoms with Crippen molar-refractivity contribution in [2.45, 2.75) is 31.2 Å². The lowest BCUT2D eigenvalue weighted by atomic mass is 9.90. The zero-order valence-electron chi connectivity index (χ0n) is 13.3. The molecular formula is C15H22FN3O3S. The number of likely N-dealkylation sites (tertiary alicyclic amines) is 1. The molecule has 1 aromatic rings. The van der Waals surface area contributed by atoms with Gasteiger partial charge < -0.3 is 10.6 Å². The van der Waals surface area contributed by atoms with E-state index in [4.69, 9.17) is 5.73 Å². The Morgan fingerprint density at radius 2 is 2.13 bits per heavy atom. The Morgan fingerprint density at radius 1 is 1.48 bits per heavy atom. The van der Waals surface area contributed by atoms with Gasteiger partial charge in [-0.15, -0.1) is 0 Å². The van der Waals surface area contributed by atoms with Gasteiger partial charge in [0.05, 0.1) is 6.04 Å². The van der Waals surface area contributed by atoms with E-state index >= 15 is 0 Å². The van der Waals surface area contributed by atoms with E-state index in [9.17, 15) is 17.6 Å². The summed E-state index contributed by atoms with van der Waals surface area (Å²) in [6.45, 7) is 4.95. The predicted octanol–water partition coefficient (Wildman–Crippen LogP) is 0.690. The van der Waals surface area contributed by atoms with E-state index in [0.717, 1.165) is 18.6 Å². The van der Waals surface area contributed by atoms with Crippen LogP contribution in [0.2, 0.25) is 0 Å². The molecule has 0 radical (unpaired) electrons. The van der Waals surface area contributed by atoms with Crippen molar-refractivity contribution < 1.29 is 17.6 Å². The molecule has 23 heavy (non-hydrogen) atoms. The highest BCUT2D eigenvalue weighted by Gasteiger charge is 2.37. The molecular weight excluding hydrogens is 321 g/mol. The van der Waals surface area contributed by atoms with Gasteiger partial charge in [-0.1, -0.05) is 19.1 Å². The lowest BCUT2D eigenvalue weighted by Crippen LogP contribution is -2.47. The summed E-state index contributed by atoms with van der Waals surface area (Å²) in [5.74, 6) is -1.18. The molecule has 0 saturated carbocycles. The number of amides is 1. The third-order valence-electron chi connectivity index (χ3n) is 4.19. The molecule has 0 bridgehead atoms. The monoisotopic (exact) mass is 343 g/mol. The van der Waals surface area contributed by atoms with Crippen LogP contribution in [-0.4, -0.2) is 44.9 Å². The molecule has 3 N–H and O–H groups in total. The fourth-order valence-electron chi connectivity index (χ4n) is 2.66. The van der Waals surface area contributed by atoms with Gasteiger partial charge in [0.2, 0.25) is 15.9 Å². The average molecular weight is 343 g/mol. The zero-order chi connectivity index (χ0) is 17.3. The Balaban J connectivity index is 2.08. The minimum absolute atomic E-state index is 0.139. The number of rotatable bonds is 5. The predicted molar refractivity (Wildman–Crippen MR) is 84.5 cm³/mol. The van der Waals surface area contributed by atoms with Gasteiger partial charge in [0, 0.05) is 13.1 Å². The smallest absolute Gasteiger partial charge is 0.244 e. The van der Waals surface area contributed by atoms with Crippen LogP contribution in [0.25, 0.3) is 0 Å². The molecule has 1 saturated heterocycles. The molecule has 128 valence electrons. The number of sulfonamides is 1. The van der Waals surface area contributed by atoms with Gasteiger partial charge in [0.1, 0.15) is 10.7 Å². The molecule has 2 rings (SSSR count). The fraction of sp³-hybridized carbons (Fsp3) is 0.533. The second kappa shape index (κ2) is 6.54. The largest absolute Gasteiger partial charge is 0.341 e. The van der Waals surface area contributed by atoms with E-state index in [2.05, 4.69) is 4.72 Å². The molecule has 8 heteroatoms. The Kier molecular flexibility index (Phi) is 5.07. The molecule has 1 aliphatic heterocycles. The topological polar surface area (TPSA) is 92.5 Å². The number of nitrogens with one attached hydrogen (secondary N) is 1. The third kappa shape index (κ3) is 3.88. The van der Waals surface area contributed by atoms with E-state index in [1.165, 1.54) is 19.1 Å². The summed E-state index contributed by atoms with van der Waals surface area (Å²) in [6, 6.07) is 4.09. The molecule has 0 spiro atoms. The maximum Gasteiger partial charge on any atom is 0.244 e. The van der Waals surface area contributed by atoms with Crippen molar-refractivity contribution in [1.29, 1.82) is 0 Å². The second-order valence-corrected chi connectivity index (χ2v) is 7.98. The summed E-state index contributed by atoms with van der Waals surface area (Å²) in [6.07, 6.45) is 0.780. The minimum Gasteiger partial charge on any atom is -0.341 e. The summed E-state index contributed by atoms with van der Waals surface area (Å²) in [5, 5.41) is 0.